The molecule has 0 aromatic carbocycles. The first-order valence-electron chi connectivity index (χ1n) is 3.39. The molecule has 5 heteroatoms. The molecule has 0 spiro atoms. The van der Waals surface area contributed by atoms with Crippen molar-refractivity contribution in [3.8, 4) is 0 Å². The fourth-order valence-corrected chi connectivity index (χ4v) is 1.09. The maximum atomic E-state index is 10.8. The number of rotatable bonds is 0. The highest BCUT2D eigenvalue weighted by atomic mass is 16.2. The summed E-state index contributed by atoms with van der Waals surface area (Å²) in [5.41, 5.74) is 0.830. The van der Waals surface area contributed by atoms with Crippen LogP contribution in [-0.2, 0) is 0 Å². The van der Waals surface area contributed by atoms with Gasteiger partial charge in [0.15, 0.2) is 0 Å². The van der Waals surface area contributed by atoms with Gasteiger partial charge in [0.05, 0.1) is 24.3 Å². The molecule has 0 radical (unpaired) electrons. The molecule has 2 aliphatic rings. The molecule has 1 saturated heterocycles. The van der Waals surface area contributed by atoms with Crippen LogP contribution in [-0.4, -0.2) is 25.0 Å². The molecule has 1 fully saturated rings. The summed E-state index contributed by atoms with van der Waals surface area (Å²) in [7, 11) is 0. The molecule has 1 unspecified atom stereocenters. The van der Waals surface area contributed by atoms with E-state index in [-0.39, 0.29) is 12.1 Å². The maximum absolute atomic E-state index is 10.8. The lowest BCUT2D eigenvalue weighted by Gasteiger charge is -2.27. The first-order valence-corrected chi connectivity index (χ1v) is 3.39. The van der Waals surface area contributed by atoms with Gasteiger partial charge in [-0.1, -0.05) is 0 Å². The molecule has 0 aromatic heterocycles. The van der Waals surface area contributed by atoms with Crippen LogP contribution in [0.5, 0.6) is 0 Å². The molecule has 3 N–H and O–H groups in total. The monoisotopic (exact) mass is 152 g/mol. The van der Waals surface area contributed by atoms with E-state index in [4.69, 9.17) is 0 Å². The van der Waals surface area contributed by atoms with Crippen molar-refractivity contribution in [3.05, 3.63) is 11.9 Å². The van der Waals surface area contributed by atoms with E-state index in [1.165, 1.54) is 0 Å². The average molecular weight is 152 g/mol. The Kier molecular flexibility index (Phi) is 1.28. The molecule has 0 saturated carbocycles. The quantitative estimate of drug-likeness (QED) is 0.423. The van der Waals surface area contributed by atoms with Gasteiger partial charge in [0.2, 0.25) is 0 Å². The molecule has 0 bridgehead atoms. The van der Waals surface area contributed by atoms with Gasteiger partial charge in [-0.3, -0.25) is 0 Å². The number of amides is 2. The van der Waals surface area contributed by atoms with Crippen LogP contribution in [0.15, 0.2) is 16.9 Å². The number of carbonyl (C=O) groups is 1. The Morgan fingerprint density at radius 1 is 1.64 bits per heavy atom. The summed E-state index contributed by atoms with van der Waals surface area (Å²) in [5.74, 6) is 0. The molecule has 2 amide bonds. The fraction of sp³-hybridized carbons (Fsp3) is 0.333. The van der Waals surface area contributed by atoms with Crippen LogP contribution in [0, 0.1) is 0 Å². The minimum absolute atomic E-state index is 0.158. The molecule has 11 heavy (non-hydrogen) atoms. The lowest BCUT2D eigenvalue weighted by Crippen LogP contribution is -2.55. The summed E-state index contributed by atoms with van der Waals surface area (Å²) in [6, 6.07) is -0.00315. The molecule has 2 rings (SSSR count). The van der Waals surface area contributed by atoms with E-state index >= 15 is 0 Å². The molecule has 0 aliphatic carbocycles. The standard InChI is InChI=1S/C6H8N4O/c11-6-8-2-4-5(10-6)1-7-3-9-4/h1,3-4H,2H2,(H,7,9)(H2,8,10,11). The van der Waals surface area contributed by atoms with Crippen LogP contribution in [0.25, 0.3) is 0 Å². The predicted octanol–water partition coefficient (Wildman–Crippen LogP) is -0.859. The summed E-state index contributed by atoms with van der Waals surface area (Å²) in [4.78, 5) is 14.6. The summed E-state index contributed by atoms with van der Waals surface area (Å²) in [6.07, 6.45) is 3.27. The molecule has 0 aromatic rings. The first kappa shape index (κ1) is 6.21. The third-order valence-electron chi connectivity index (χ3n) is 1.66. The van der Waals surface area contributed by atoms with E-state index in [0.717, 1.165) is 5.70 Å². The predicted molar refractivity (Wildman–Crippen MR) is 40.0 cm³/mol. The topological polar surface area (TPSA) is 65.5 Å². The zero-order chi connectivity index (χ0) is 7.68. The number of nitrogens with zero attached hydrogens (tertiary/aromatic N) is 1. The molecule has 58 valence electrons. The number of urea groups is 1. The highest BCUT2D eigenvalue weighted by Crippen LogP contribution is 2.04. The van der Waals surface area contributed by atoms with Crippen molar-refractivity contribution in [2.45, 2.75) is 6.04 Å². The Bertz CT molecular complexity index is 245. The number of fused-ring (bicyclic) bond motifs is 1. The van der Waals surface area contributed by atoms with Crippen molar-refractivity contribution in [2.75, 3.05) is 6.54 Å². The number of carbonyl (C=O) groups excluding carboxylic acids is 1. The summed E-state index contributed by atoms with van der Waals surface area (Å²) >= 11 is 0. The zero-order valence-electron chi connectivity index (χ0n) is 5.79. The van der Waals surface area contributed by atoms with E-state index in [0.29, 0.717) is 6.54 Å². The van der Waals surface area contributed by atoms with Crippen molar-refractivity contribution in [2.24, 2.45) is 4.99 Å². The lowest BCUT2D eigenvalue weighted by molar-refractivity contribution is 0.238. The van der Waals surface area contributed by atoms with Gasteiger partial charge < -0.3 is 16.0 Å². The van der Waals surface area contributed by atoms with Crippen LogP contribution in [0.1, 0.15) is 0 Å². The van der Waals surface area contributed by atoms with E-state index in [1.807, 2.05) is 0 Å². The van der Waals surface area contributed by atoms with Crippen LogP contribution in [0.2, 0.25) is 0 Å². The smallest absolute Gasteiger partial charge is 0.319 e. The fourth-order valence-electron chi connectivity index (χ4n) is 1.09. The number of hydrogen-bond acceptors (Lipinski definition) is 3. The van der Waals surface area contributed by atoms with Gasteiger partial charge >= 0.3 is 6.03 Å². The van der Waals surface area contributed by atoms with Crippen molar-refractivity contribution in [3.63, 3.8) is 0 Å². The third kappa shape index (κ3) is 1.04. The minimum atomic E-state index is -0.161. The maximum Gasteiger partial charge on any atom is 0.319 e. The van der Waals surface area contributed by atoms with Crippen molar-refractivity contribution < 1.29 is 4.79 Å². The third-order valence-corrected chi connectivity index (χ3v) is 1.66. The lowest BCUT2D eigenvalue weighted by atomic mass is 10.2. The molecule has 5 nitrogen and oxygen atoms in total. The largest absolute Gasteiger partial charge is 0.366 e. The van der Waals surface area contributed by atoms with E-state index in [1.54, 1.807) is 12.5 Å². The summed E-state index contributed by atoms with van der Waals surface area (Å²) in [6.45, 7) is 0.615. The first-order chi connectivity index (χ1) is 5.36. The average Bonchev–Trinajstić information content (AvgIpc) is 2.04. The zero-order valence-corrected chi connectivity index (χ0v) is 5.79. The van der Waals surface area contributed by atoms with E-state index in [9.17, 15) is 4.79 Å². The Labute approximate surface area is 63.6 Å². The van der Waals surface area contributed by atoms with Crippen molar-refractivity contribution >= 4 is 12.4 Å². The Morgan fingerprint density at radius 2 is 2.55 bits per heavy atom. The van der Waals surface area contributed by atoms with Gasteiger partial charge in [-0.15, -0.1) is 0 Å². The van der Waals surface area contributed by atoms with Crippen LogP contribution < -0.4 is 16.0 Å². The van der Waals surface area contributed by atoms with Gasteiger partial charge in [-0.2, -0.15) is 0 Å². The van der Waals surface area contributed by atoms with Crippen molar-refractivity contribution in [1.82, 2.24) is 16.0 Å². The van der Waals surface area contributed by atoms with Gasteiger partial charge in [0.25, 0.3) is 0 Å². The normalized spacial score (nSPS) is 27.5. The highest BCUT2D eigenvalue weighted by molar-refractivity contribution is 5.78. The van der Waals surface area contributed by atoms with Gasteiger partial charge in [-0.25, -0.2) is 9.79 Å². The molecular weight excluding hydrogens is 144 g/mol. The van der Waals surface area contributed by atoms with Crippen molar-refractivity contribution in [1.29, 1.82) is 0 Å². The summed E-state index contributed by atoms with van der Waals surface area (Å²) < 4.78 is 0. The van der Waals surface area contributed by atoms with Crippen LogP contribution in [0.3, 0.4) is 0 Å². The Hall–Kier alpha value is -1.52. The van der Waals surface area contributed by atoms with E-state index < -0.39 is 0 Å². The number of hydrogen-bond donors (Lipinski definition) is 3. The second-order valence-corrected chi connectivity index (χ2v) is 2.42. The van der Waals surface area contributed by atoms with E-state index in [2.05, 4.69) is 20.9 Å². The SMILES string of the molecule is O=C1NCC2NC=NC=C2N1. The Morgan fingerprint density at radius 3 is 3.45 bits per heavy atom. The molecular formula is C6H8N4O. The minimum Gasteiger partial charge on any atom is -0.366 e. The molecule has 1 atom stereocenters. The summed E-state index contributed by atoms with van der Waals surface area (Å²) in [5, 5.41) is 8.32. The Balaban J connectivity index is 2.18. The van der Waals surface area contributed by atoms with Gasteiger partial charge in [0, 0.05) is 6.54 Å². The van der Waals surface area contributed by atoms with Crippen LogP contribution >= 0.6 is 0 Å². The van der Waals surface area contributed by atoms with Gasteiger partial charge in [0.1, 0.15) is 0 Å². The second-order valence-electron chi connectivity index (χ2n) is 2.42. The van der Waals surface area contributed by atoms with Gasteiger partial charge in [-0.05, 0) is 0 Å². The number of nitrogens with one attached hydrogen (secondary N) is 3. The molecule has 2 heterocycles. The van der Waals surface area contributed by atoms with Crippen LogP contribution in [0.4, 0.5) is 4.79 Å². The highest BCUT2D eigenvalue weighted by Gasteiger charge is 2.22. The molecule has 2 aliphatic heterocycles. The number of aliphatic imine (C=N–C) groups is 1. The second kappa shape index (κ2) is 2.26.